The van der Waals surface area contributed by atoms with E-state index in [1.165, 1.54) is 0 Å². The second kappa shape index (κ2) is 18.8. The maximum Gasteiger partial charge on any atom is 0.194 e. The molecular formula is C66H38N8O2. The Labute approximate surface area is 438 Å². The SMILES string of the molecule is [C-]#[N+]c1ccccc1-c1ccc(-c2nc(-c3ccc(-c4cccc(C#N)c4)cc3)nc(-c3ccc(-c4ccccc4C#N)cc3N3c4ccccc4Oc4ccccc43)n2)c(N2c3ccccc3Oc3ccccc32)c1. The molecule has 0 N–H and O–H groups in total. The molecule has 0 unspecified atom stereocenters. The van der Waals surface area contributed by atoms with Crippen LogP contribution in [0.5, 0.6) is 23.0 Å². The Kier molecular flexibility index (Phi) is 11.1. The van der Waals surface area contributed by atoms with Gasteiger partial charge >= 0.3 is 0 Å². The Morgan fingerprint density at radius 1 is 0.355 bits per heavy atom. The minimum absolute atomic E-state index is 0.388. The third-order valence-corrected chi connectivity index (χ3v) is 13.6. The molecule has 0 fully saturated rings. The van der Waals surface area contributed by atoms with E-state index in [1.807, 2.05) is 212 Å². The number of hydrogen-bond donors (Lipinski definition) is 0. The van der Waals surface area contributed by atoms with Crippen molar-refractivity contribution < 1.29 is 9.47 Å². The van der Waals surface area contributed by atoms with Crippen LogP contribution in [0, 0.1) is 29.2 Å². The summed E-state index contributed by atoms with van der Waals surface area (Å²) in [5.74, 6) is 3.88. The molecule has 0 atom stereocenters. The normalized spacial score (nSPS) is 11.8. The van der Waals surface area contributed by atoms with Gasteiger partial charge in [-0.1, -0.05) is 140 Å². The van der Waals surface area contributed by atoms with E-state index in [4.69, 9.17) is 31.0 Å². The quantitative estimate of drug-likeness (QED) is 0.137. The third-order valence-electron chi connectivity index (χ3n) is 13.6. The number of fused-ring (bicyclic) bond motifs is 4. The summed E-state index contributed by atoms with van der Waals surface area (Å²) in [7, 11) is 0. The van der Waals surface area contributed by atoms with Crippen molar-refractivity contribution in [3.63, 3.8) is 0 Å². The van der Waals surface area contributed by atoms with E-state index >= 15 is 0 Å². The minimum Gasteiger partial charge on any atom is -0.453 e. The first-order valence-electron chi connectivity index (χ1n) is 24.5. The average Bonchev–Trinajstić information content (AvgIpc) is 3.56. The molecule has 1 aromatic heterocycles. The molecule has 11 aromatic rings. The Hall–Kier alpha value is -11.1. The number of nitriles is 2. The lowest BCUT2D eigenvalue weighted by molar-refractivity contribution is 0.477. The molecule has 10 aromatic carbocycles. The van der Waals surface area contributed by atoms with Crippen LogP contribution >= 0.6 is 0 Å². The first-order valence-corrected chi connectivity index (χ1v) is 24.5. The summed E-state index contributed by atoms with van der Waals surface area (Å²) in [6.07, 6.45) is 0. The topological polar surface area (TPSA) is 116 Å². The molecule has 354 valence electrons. The van der Waals surface area contributed by atoms with E-state index in [0.717, 1.165) is 73.1 Å². The number of nitrogens with zero attached hydrogens (tertiary/aromatic N) is 8. The highest BCUT2D eigenvalue weighted by Gasteiger charge is 2.32. The molecule has 0 aliphatic carbocycles. The number of para-hydroxylation sites is 9. The molecule has 0 saturated heterocycles. The fraction of sp³-hybridized carbons (Fsp3) is 0. The summed E-state index contributed by atoms with van der Waals surface area (Å²) in [5.41, 5.74) is 13.5. The lowest BCUT2D eigenvalue weighted by atomic mass is 9.96. The van der Waals surface area contributed by atoms with Crippen molar-refractivity contribution in [3.8, 4) is 103 Å². The van der Waals surface area contributed by atoms with Crippen LogP contribution in [0.1, 0.15) is 11.1 Å². The molecule has 13 rings (SSSR count). The summed E-state index contributed by atoms with van der Waals surface area (Å²) in [5, 5.41) is 20.1. The second-order valence-corrected chi connectivity index (χ2v) is 18.1. The van der Waals surface area contributed by atoms with Crippen LogP contribution in [-0.4, -0.2) is 15.0 Å². The predicted octanol–water partition coefficient (Wildman–Crippen LogP) is 17.3. The van der Waals surface area contributed by atoms with Crippen LogP contribution in [0.15, 0.2) is 231 Å². The zero-order valence-corrected chi connectivity index (χ0v) is 40.3. The molecule has 2 aliphatic heterocycles. The summed E-state index contributed by atoms with van der Waals surface area (Å²) in [6.45, 7) is 8.13. The van der Waals surface area contributed by atoms with E-state index in [2.05, 4.69) is 38.9 Å². The zero-order valence-electron chi connectivity index (χ0n) is 40.3. The second-order valence-electron chi connectivity index (χ2n) is 18.1. The van der Waals surface area contributed by atoms with Crippen LogP contribution in [-0.2, 0) is 0 Å². The van der Waals surface area contributed by atoms with Gasteiger partial charge in [0.05, 0.1) is 64.0 Å². The molecule has 0 radical (unpaired) electrons. The van der Waals surface area contributed by atoms with Crippen LogP contribution < -0.4 is 19.3 Å². The van der Waals surface area contributed by atoms with E-state index in [0.29, 0.717) is 68.4 Å². The molecule has 0 spiro atoms. The number of benzene rings is 10. The maximum absolute atomic E-state index is 10.4. The number of aromatic nitrogens is 3. The summed E-state index contributed by atoms with van der Waals surface area (Å²) in [6, 6.07) is 79.4. The van der Waals surface area contributed by atoms with E-state index < -0.39 is 0 Å². The number of hydrogen-bond acceptors (Lipinski definition) is 9. The van der Waals surface area contributed by atoms with Crippen molar-refractivity contribution in [2.45, 2.75) is 0 Å². The van der Waals surface area contributed by atoms with E-state index in [-0.39, 0.29) is 0 Å². The lowest BCUT2D eigenvalue weighted by Gasteiger charge is -2.34. The van der Waals surface area contributed by atoms with E-state index in [9.17, 15) is 10.5 Å². The van der Waals surface area contributed by atoms with Gasteiger partial charge in [-0.05, 0) is 124 Å². The highest BCUT2D eigenvalue weighted by Crippen LogP contribution is 2.55. The fourth-order valence-corrected chi connectivity index (χ4v) is 10.0. The molecule has 3 heterocycles. The number of anilines is 6. The molecule has 2 aliphatic rings. The Bertz CT molecular complexity index is 3950. The van der Waals surface area contributed by atoms with Crippen molar-refractivity contribution in [3.05, 3.63) is 253 Å². The highest BCUT2D eigenvalue weighted by atomic mass is 16.5. The summed E-state index contributed by atoms with van der Waals surface area (Å²) >= 11 is 0. The number of ether oxygens (including phenoxy) is 2. The zero-order chi connectivity index (χ0) is 51.1. The first kappa shape index (κ1) is 44.8. The van der Waals surface area contributed by atoms with Crippen LogP contribution in [0.2, 0.25) is 0 Å². The third kappa shape index (κ3) is 7.87. The maximum atomic E-state index is 10.4. The Morgan fingerprint density at radius 2 is 0.803 bits per heavy atom. The van der Waals surface area contributed by atoms with Crippen molar-refractivity contribution in [2.75, 3.05) is 9.80 Å². The highest BCUT2D eigenvalue weighted by molar-refractivity contribution is 5.97. The molecule has 0 saturated carbocycles. The Morgan fingerprint density at radius 3 is 1.33 bits per heavy atom. The van der Waals surface area contributed by atoms with Gasteiger partial charge in [0.15, 0.2) is 46.2 Å². The molecule has 0 bridgehead atoms. The van der Waals surface area contributed by atoms with Crippen molar-refractivity contribution >= 4 is 39.8 Å². The molecule has 10 nitrogen and oxygen atoms in total. The molecular weight excluding hydrogens is 937 g/mol. The first-order chi connectivity index (χ1) is 37.5. The van der Waals surface area contributed by atoms with Crippen LogP contribution in [0.25, 0.3) is 72.4 Å². The van der Waals surface area contributed by atoms with Gasteiger partial charge in [0.1, 0.15) is 0 Å². The van der Waals surface area contributed by atoms with E-state index in [1.54, 1.807) is 6.07 Å². The standard InChI is InChI=1S/C66H38N8O2/c1-69-53-20-5-4-19-50(53)47-34-36-52(59(39-47)74-56-23-8-12-27-62(56)76-63-28-13-9-24-57(63)74)66-71-64(44-31-29-43(30-32-44)45-17-14-15-42(37-45)40-67)70-65(72-66)51-35-33-46(49-18-3-2-16-48(49)41-68)38-58(51)73-54-21-6-10-25-60(54)75-61-26-11-7-22-55(61)73/h2-39H. The molecule has 10 heteroatoms. The number of rotatable bonds is 8. The smallest absolute Gasteiger partial charge is 0.194 e. The Balaban J connectivity index is 1.09. The summed E-state index contributed by atoms with van der Waals surface area (Å²) in [4.78, 5) is 24.6. The van der Waals surface area contributed by atoms with Crippen molar-refractivity contribution in [1.82, 2.24) is 15.0 Å². The van der Waals surface area contributed by atoms with Crippen LogP contribution in [0.3, 0.4) is 0 Å². The van der Waals surface area contributed by atoms with Crippen molar-refractivity contribution in [1.29, 1.82) is 10.5 Å². The monoisotopic (exact) mass is 974 g/mol. The van der Waals surface area contributed by atoms with Gasteiger partial charge < -0.3 is 19.3 Å². The van der Waals surface area contributed by atoms with Gasteiger partial charge in [-0.2, -0.15) is 10.5 Å². The lowest BCUT2D eigenvalue weighted by Crippen LogP contribution is -2.17. The van der Waals surface area contributed by atoms with Gasteiger partial charge in [0, 0.05) is 16.7 Å². The minimum atomic E-state index is 0.388. The van der Waals surface area contributed by atoms with Gasteiger partial charge in [-0.25, -0.2) is 19.8 Å². The van der Waals surface area contributed by atoms with Crippen LogP contribution in [0.4, 0.5) is 39.8 Å². The van der Waals surface area contributed by atoms with Gasteiger partial charge in [0.25, 0.3) is 0 Å². The van der Waals surface area contributed by atoms with Gasteiger partial charge in [-0.15, -0.1) is 0 Å². The van der Waals surface area contributed by atoms with Crippen molar-refractivity contribution in [2.24, 2.45) is 0 Å². The van der Waals surface area contributed by atoms with Gasteiger partial charge in [-0.3, -0.25) is 0 Å². The largest absolute Gasteiger partial charge is 0.453 e. The predicted molar refractivity (Wildman–Crippen MR) is 298 cm³/mol. The molecule has 0 amide bonds. The average molecular weight is 975 g/mol. The fourth-order valence-electron chi connectivity index (χ4n) is 10.0. The molecule has 76 heavy (non-hydrogen) atoms. The van der Waals surface area contributed by atoms with Gasteiger partial charge in [0.2, 0.25) is 0 Å². The summed E-state index contributed by atoms with van der Waals surface area (Å²) < 4.78 is 13.1.